The summed E-state index contributed by atoms with van der Waals surface area (Å²) in [6, 6.07) is 9.50. The largest absolute Gasteiger partial charge is 0.370 e. The summed E-state index contributed by atoms with van der Waals surface area (Å²) in [5.41, 5.74) is 15.5. The van der Waals surface area contributed by atoms with Crippen molar-refractivity contribution in [3.8, 4) is 0 Å². The molecule has 2 fully saturated rings. The Kier molecular flexibility index (Phi) is 8.79. The van der Waals surface area contributed by atoms with E-state index in [4.69, 9.17) is 11.5 Å². The molecule has 8 nitrogen and oxygen atoms in total. The lowest BCUT2D eigenvalue weighted by atomic mass is 9.79. The quantitative estimate of drug-likeness (QED) is 0.332. The number of hydrogen-bond acceptors (Lipinski definition) is 4. The first-order valence-electron chi connectivity index (χ1n) is 14.1. The van der Waals surface area contributed by atoms with Crippen LogP contribution in [0.25, 0.3) is 0 Å². The maximum atomic E-state index is 6.46. The molecule has 2 aliphatic rings. The summed E-state index contributed by atoms with van der Waals surface area (Å²) in [7, 11) is 3.56. The molecule has 0 radical (unpaired) electrons. The molecule has 214 valence electrons. The average Bonchev–Trinajstić information content (AvgIpc) is 2.76. The molecule has 0 aliphatic carbocycles. The van der Waals surface area contributed by atoms with E-state index in [0.717, 1.165) is 38.8 Å². The Bertz CT molecular complexity index is 893. The maximum absolute atomic E-state index is 6.46. The van der Waals surface area contributed by atoms with E-state index in [-0.39, 0.29) is 22.2 Å². The highest BCUT2D eigenvalue weighted by atomic mass is 15.3. The number of benzene rings is 1. The number of aliphatic imine (C=N–C) groups is 2. The highest BCUT2D eigenvalue weighted by molar-refractivity contribution is 5.79. The van der Waals surface area contributed by atoms with Crippen LogP contribution in [0.3, 0.4) is 0 Å². The smallest absolute Gasteiger partial charge is 0.191 e. The van der Waals surface area contributed by atoms with Gasteiger partial charge in [-0.15, -0.1) is 0 Å². The van der Waals surface area contributed by atoms with Crippen LogP contribution in [0.2, 0.25) is 0 Å². The first kappa shape index (κ1) is 30.2. The van der Waals surface area contributed by atoms with Crippen molar-refractivity contribution >= 4 is 11.9 Å². The molecule has 0 saturated carbocycles. The van der Waals surface area contributed by atoms with Gasteiger partial charge in [0.15, 0.2) is 11.9 Å². The molecule has 3 rings (SSSR count). The molecule has 2 heterocycles. The molecule has 0 bridgehead atoms. The molecule has 6 N–H and O–H groups in total. The van der Waals surface area contributed by atoms with Gasteiger partial charge in [-0.1, -0.05) is 24.3 Å². The van der Waals surface area contributed by atoms with Crippen molar-refractivity contribution < 1.29 is 0 Å². The van der Waals surface area contributed by atoms with E-state index >= 15 is 0 Å². The summed E-state index contributed by atoms with van der Waals surface area (Å²) in [6.45, 7) is 19.7. The van der Waals surface area contributed by atoms with Crippen LogP contribution in [0.1, 0.15) is 92.2 Å². The molecular weight excluding hydrogens is 472 g/mol. The number of nitrogens with one attached hydrogen (secondary N) is 2. The Morgan fingerprint density at radius 2 is 0.921 bits per heavy atom. The van der Waals surface area contributed by atoms with Crippen molar-refractivity contribution in [1.82, 2.24) is 20.4 Å². The van der Waals surface area contributed by atoms with Crippen LogP contribution in [0.5, 0.6) is 0 Å². The number of nitrogens with two attached hydrogens (primary N) is 2. The Labute approximate surface area is 231 Å². The summed E-state index contributed by atoms with van der Waals surface area (Å²) in [5.74, 6) is 1.20. The Morgan fingerprint density at radius 3 is 1.16 bits per heavy atom. The van der Waals surface area contributed by atoms with Gasteiger partial charge in [0.25, 0.3) is 0 Å². The number of rotatable bonds is 6. The standard InChI is InChI=1S/C30H54N8/c1-27(2)15-23(16-28(3,4)35-27)37(25(31)33-9)19-21-11-13-22(14-12-21)20-38(26(32)34-10)24-17-29(5,6)36-30(7,8)18-24/h11-14,23-24,35-36H,15-20H2,1-10H3,(H2,31,33)(H2,32,34). The zero-order valence-electron chi connectivity index (χ0n) is 25.7. The topological polar surface area (TPSA) is 107 Å². The molecule has 1 aromatic rings. The van der Waals surface area contributed by atoms with Gasteiger partial charge in [0.1, 0.15) is 0 Å². The van der Waals surface area contributed by atoms with Gasteiger partial charge in [0, 0.05) is 61.4 Å². The minimum atomic E-state index is 0.0323. The minimum absolute atomic E-state index is 0.0323. The fraction of sp³-hybridized carbons (Fsp3) is 0.733. The Morgan fingerprint density at radius 1 is 0.658 bits per heavy atom. The van der Waals surface area contributed by atoms with E-state index in [1.807, 2.05) is 0 Å². The monoisotopic (exact) mass is 526 g/mol. The fourth-order valence-electron chi connectivity index (χ4n) is 7.17. The third kappa shape index (κ3) is 7.85. The average molecular weight is 527 g/mol. The van der Waals surface area contributed by atoms with E-state index in [0.29, 0.717) is 24.0 Å². The molecule has 0 amide bonds. The summed E-state index contributed by atoms with van der Waals surface area (Å²) < 4.78 is 0. The normalized spacial score (nSPS) is 23.7. The highest BCUT2D eigenvalue weighted by Gasteiger charge is 2.41. The van der Waals surface area contributed by atoms with Gasteiger partial charge in [0.2, 0.25) is 0 Å². The van der Waals surface area contributed by atoms with Crippen molar-refractivity contribution in [2.75, 3.05) is 14.1 Å². The van der Waals surface area contributed by atoms with Crippen molar-refractivity contribution in [2.24, 2.45) is 21.5 Å². The Balaban J connectivity index is 1.79. The van der Waals surface area contributed by atoms with E-state index in [1.165, 1.54) is 11.1 Å². The van der Waals surface area contributed by atoms with Crippen LogP contribution in [0.15, 0.2) is 34.3 Å². The molecule has 1 aromatic carbocycles. The van der Waals surface area contributed by atoms with Crippen LogP contribution in [-0.4, -0.2) is 70.1 Å². The first-order chi connectivity index (χ1) is 17.4. The second kappa shape index (κ2) is 11.0. The van der Waals surface area contributed by atoms with Crippen molar-refractivity contribution in [1.29, 1.82) is 0 Å². The number of nitrogens with zero attached hydrogens (tertiary/aromatic N) is 4. The predicted molar refractivity (Wildman–Crippen MR) is 161 cm³/mol. The maximum Gasteiger partial charge on any atom is 0.191 e. The highest BCUT2D eigenvalue weighted by Crippen LogP contribution is 2.34. The predicted octanol–water partition coefficient (Wildman–Crippen LogP) is 3.80. The molecule has 2 aliphatic heterocycles. The van der Waals surface area contributed by atoms with Gasteiger partial charge >= 0.3 is 0 Å². The van der Waals surface area contributed by atoms with Crippen LogP contribution < -0.4 is 22.1 Å². The summed E-state index contributed by atoms with van der Waals surface area (Å²) in [4.78, 5) is 13.3. The summed E-state index contributed by atoms with van der Waals surface area (Å²) in [6.07, 6.45) is 4.05. The van der Waals surface area contributed by atoms with Crippen LogP contribution in [-0.2, 0) is 13.1 Å². The van der Waals surface area contributed by atoms with Crippen molar-refractivity contribution in [3.63, 3.8) is 0 Å². The van der Waals surface area contributed by atoms with Crippen LogP contribution in [0, 0.1) is 0 Å². The van der Waals surface area contributed by atoms with Gasteiger partial charge in [-0.3, -0.25) is 9.98 Å². The molecule has 0 unspecified atom stereocenters. The van der Waals surface area contributed by atoms with E-state index < -0.39 is 0 Å². The zero-order valence-corrected chi connectivity index (χ0v) is 25.7. The van der Waals surface area contributed by atoms with Gasteiger partial charge in [-0.05, 0) is 92.2 Å². The first-order valence-corrected chi connectivity index (χ1v) is 14.1. The Hall–Kier alpha value is -2.32. The molecular formula is C30H54N8. The molecule has 2 saturated heterocycles. The minimum Gasteiger partial charge on any atom is -0.370 e. The van der Waals surface area contributed by atoms with E-state index in [9.17, 15) is 0 Å². The molecule has 0 spiro atoms. The van der Waals surface area contributed by atoms with Gasteiger partial charge < -0.3 is 31.9 Å². The molecule has 0 aromatic heterocycles. The molecule has 0 atom stereocenters. The SMILES string of the molecule is CN=C(N)N(Cc1ccc(CN(C(N)=NC)C2CC(C)(C)NC(C)(C)C2)cc1)C1CC(C)(C)NC(C)(C)C1. The van der Waals surface area contributed by atoms with Gasteiger partial charge in [-0.25, -0.2) is 0 Å². The lowest BCUT2D eigenvalue weighted by molar-refractivity contribution is 0.0985. The number of piperidine rings is 2. The van der Waals surface area contributed by atoms with Crippen LogP contribution in [0.4, 0.5) is 0 Å². The molecule has 8 heteroatoms. The third-order valence-electron chi connectivity index (χ3n) is 7.99. The fourth-order valence-corrected chi connectivity index (χ4v) is 7.17. The number of hydrogen-bond donors (Lipinski definition) is 4. The second-order valence-corrected chi connectivity index (χ2v) is 14.1. The van der Waals surface area contributed by atoms with Crippen molar-refractivity contribution in [3.05, 3.63) is 35.4 Å². The van der Waals surface area contributed by atoms with Gasteiger partial charge in [-0.2, -0.15) is 0 Å². The lowest BCUT2D eigenvalue weighted by Gasteiger charge is -2.50. The van der Waals surface area contributed by atoms with E-state index in [2.05, 4.69) is 110 Å². The number of guanidine groups is 2. The summed E-state index contributed by atoms with van der Waals surface area (Å²) >= 11 is 0. The molecule has 38 heavy (non-hydrogen) atoms. The van der Waals surface area contributed by atoms with Gasteiger partial charge in [0.05, 0.1) is 0 Å². The summed E-state index contributed by atoms with van der Waals surface area (Å²) in [5, 5.41) is 7.56. The zero-order chi connectivity index (χ0) is 28.5. The van der Waals surface area contributed by atoms with Crippen molar-refractivity contribution in [2.45, 2.75) is 128 Å². The third-order valence-corrected chi connectivity index (χ3v) is 7.99. The van der Waals surface area contributed by atoms with Crippen LogP contribution >= 0.6 is 0 Å². The lowest BCUT2D eigenvalue weighted by Crippen LogP contribution is -2.63. The second-order valence-electron chi connectivity index (χ2n) is 14.1. The van der Waals surface area contributed by atoms with E-state index in [1.54, 1.807) is 14.1 Å².